The van der Waals surface area contributed by atoms with Gasteiger partial charge in [-0.3, -0.25) is 10.3 Å². The second kappa shape index (κ2) is 7.35. The lowest BCUT2D eigenvalue weighted by Crippen LogP contribution is -2.49. The van der Waals surface area contributed by atoms with Crippen LogP contribution < -0.4 is 10.6 Å². The minimum atomic E-state index is -0.745. The fourth-order valence-electron chi connectivity index (χ4n) is 2.82. The molecule has 2 aliphatic heterocycles. The molecule has 0 spiro atoms. The van der Waals surface area contributed by atoms with Gasteiger partial charge in [0.05, 0.1) is 0 Å². The Labute approximate surface area is 141 Å². The molecule has 3 rings (SSSR count). The average molecular weight is 329 g/mol. The number of benzene rings is 1. The Morgan fingerprint density at radius 3 is 2.62 bits per heavy atom. The summed E-state index contributed by atoms with van der Waals surface area (Å²) in [5.41, 5.74) is 1.11. The van der Waals surface area contributed by atoms with Crippen LogP contribution in [0.4, 0.5) is 10.5 Å². The summed E-state index contributed by atoms with van der Waals surface area (Å²) in [6, 6.07) is 10.4. The number of para-hydroxylation sites is 1. The zero-order chi connectivity index (χ0) is 16.9. The number of likely N-dealkylation sites (tertiary alicyclic amines) is 1. The molecule has 1 atom stereocenters. The molecule has 7 heteroatoms. The smallest absolute Gasteiger partial charge is 0.323 e. The molecule has 0 bridgehead atoms. The molecule has 2 aliphatic rings. The van der Waals surface area contributed by atoms with Crippen molar-refractivity contribution < 1.29 is 9.90 Å². The predicted molar refractivity (Wildman–Crippen MR) is 93.5 cm³/mol. The maximum Gasteiger partial charge on any atom is 0.323 e. The van der Waals surface area contributed by atoms with Gasteiger partial charge in [-0.2, -0.15) is 5.10 Å². The standard InChI is InChI=1S/C17H23N5O2/c1-21-16(23)8-7-15(20-21)19-17(24)22-11-9-14(10-12-22)18-13-5-3-2-4-6-13/h2-8,14,16,18,23H,9-12H2,1H3,(H,19,20,24). The Kier molecular flexibility index (Phi) is 5.00. The summed E-state index contributed by atoms with van der Waals surface area (Å²) < 4.78 is 0. The van der Waals surface area contributed by atoms with Crippen molar-refractivity contribution in [3.05, 3.63) is 42.5 Å². The molecule has 3 N–H and O–H groups in total. The van der Waals surface area contributed by atoms with E-state index in [4.69, 9.17) is 0 Å². The highest BCUT2D eigenvalue weighted by molar-refractivity contribution is 6.04. The van der Waals surface area contributed by atoms with Crippen molar-refractivity contribution in [3.63, 3.8) is 0 Å². The van der Waals surface area contributed by atoms with Crippen LogP contribution in [0.1, 0.15) is 12.8 Å². The number of hydrogen-bond donors (Lipinski definition) is 3. The van der Waals surface area contributed by atoms with Crippen LogP contribution in [0.25, 0.3) is 0 Å². The Morgan fingerprint density at radius 2 is 1.96 bits per heavy atom. The minimum Gasteiger partial charge on any atom is -0.382 e. The van der Waals surface area contributed by atoms with Gasteiger partial charge in [0, 0.05) is 31.9 Å². The summed E-state index contributed by atoms with van der Waals surface area (Å²) in [7, 11) is 1.65. The summed E-state index contributed by atoms with van der Waals surface area (Å²) in [5.74, 6) is 0.442. The zero-order valence-corrected chi connectivity index (χ0v) is 13.7. The number of likely N-dealkylation sites (N-methyl/N-ethyl adjacent to an activating group) is 1. The van der Waals surface area contributed by atoms with Gasteiger partial charge in [-0.15, -0.1) is 0 Å². The van der Waals surface area contributed by atoms with E-state index in [0.717, 1.165) is 18.5 Å². The summed E-state index contributed by atoms with van der Waals surface area (Å²) in [5, 5.41) is 21.3. The van der Waals surface area contributed by atoms with Crippen LogP contribution in [0.15, 0.2) is 47.6 Å². The third kappa shape index (κ3) is 4.05. The van der Waals surface area contributed by atoms with E-state index in [9.17, 15) is 9.90 Å². The first kappa shape index (κ1) is 16.3. The van der Waals surface area contributed by atoms with Gasteiger partial charge in [0.2, 0.25) is 0 Å². The molecule has 1 fully saturated rings. The van der Waals surface area contributed by atoms with Gasteiger partial charge in [-0.05, 0) is 37.1 Å². The highest BCUT2D eigenvalue weighted by Crippen LogP contribution is 2.16. The number of nitrogens with one attached hydrogen (secondary N) is 2. The number of piperidine rings is 1. The Morgan fingerprint density at radius 1 is 1.25 bits per heavy atom. The summed E-state index contributed by atoms with van der Waals surface area (Å²) in [6.45, 7) is 1.40. The second-order valence-electron chi connectivity index (χ2n) is 6.03. The summed E-state index contributed by atoms with van der Waals surface area (Å²) in [6.07, 6.45) is 4.27. The molecule has 0 radical (unpaired) electrons. The van der Waals surface area contributed by atoms with Crippen molar-refractivity contribution in [1.82, 2.24) is 15.2 Å². The number of aliphatic hydroxyl groups is 1. The molecular formula is C17H23N5O2. The molecular weight excluding hydrogens is 306 g/mol. The highest BCUT2D eigenvalue weighted by atomic mass is 16.3. The van der Waals surface area contributed by atoms with Crippen molar-refractivity contribution in [1.29, 1.82) is 0 Å². The largest absolute Gasteiger partial charge is 0.382 e. The van der Waals surface area contributed by atoms with Crippen LogP contribution in [0.2, 0.25) is 0 Å². The number of amidine groups is 1. The Bertz CT molecular complexity index is 623. The van der Waals surface area contributed by atoms with Crippen molar-refractivity contribution in [2.75, 3.05) is 25.5 Å². The lowest BCUT2D eigenvalue weighted by atomic mass is 10.0. The van der Waals surface area contributed by atoms with E-state index in [1.54, 1.807) is 24.1 Å². The summed E-state index contributed by atoms with van der Waals surface area (Å²) >= 11 is 0. The molecule has 2 heterocycles. The Hall–Kier alpha value is -2.54. The first-order chi connectivity index (χ1) is 11.6. The molecule has 0 aliphatic carbocycles. The fourth-order valence-corrected chi connectivity index (χ4v) is 2.82. The van der Waals surface area contributed by atoms with Crippen LogP contribution in [0.3, 0.4) is 0 Å². The summed E-state index contributed by atoms with van der Waals surface area (Å²) in [4.78, 5) is 14.1. The molecule has 128 valence electrons. The third-order valence-electron chi connectivity index (χ3n) is 4.24. The Balaban J connectivity index is 1.47. The maximum atomic E-state index is 12.3. The molecule has 24 heavy (non-hydrogen) atoms. The molecule has 0 aromatic heterocycles. The van der Waals surface area contributed by atoms with Crippen molar-refractivity contribution in [3.8, 4) is 0 Å². The molecule has 2 amide bonds. The van der Waals surface area contributed by atoms with E-state index < -0.39 is 6.23 Å². The number of aliphatic hydroxyl groups excluding tert-OH is 1. The molecule has 1 aromatic rings. The van der Waals surface area contributed by atoms with Crippen LogP contribution >= 0.6 is 0 Å². The number of hydrazone groups is 1. The molecule has 0 saturated carbocycles. The number of rotatable bonds is 2. The van der Waals surface area contributed by atoms with Crippen LogP contribution in [-0.4, -0.2) is 59.3 Å². The fraction of sp³-hybridized carbons (Fsp3) is 0.412. The SMILES string of the molecule is CN1N=C(NC(=O)N2CCC(Nc3ccccc3)CC2)C=CC1O. The lowest BCUT2D eigenvalue weighted by molar-refractivity contribution is 0.0629. The van der Waals surface area contributed by atoms with Crippen LogP contribution in [0.5, 0.6) is 0 Å². The van der Waals surface area contributed by atoms with Crippen molar-refractivity contribution >= 4 is 17.6 Å². The monoisotopic (exact) mass is 329 g/mol. The van der Waals surface area contributed by atoms with Crippen molar-refractivity contribution in [2.45, 2.75) is 25.1 Å². The quantitative estimate of drug-likeness (QED) is 0.766. The number of urea groups is 1. The van der Waals surface area contributed by atoms with Gasteiger partial charge in [-0.1, -0.05) is 18.2 Å². The molecule has 1 saturated heterocycles. The molecule has 7 nitrogen and oxygen atoms in total. The van der Waals surface area contributed by atoms with Gasteiger partial charge in [0.15, 0.2) is 12.1 Å². The van der Waals surface area contributed by atoms with E-state index in [2.05, 4.69) is 27.9 Å². The van der Waals surface area contributed by atoms with Gasteiger partial charge in [-0.25, -0.2) is 4.79 Å². The number of carbonyl (C=O) groups excluding carboxylic acids is 1. The third-order valence-corrected chi connectivity index (χ3v) is 4.24. The van der Waals surface area contributed by atoms with E-state index in [-0.39, 0.29) is 6.03 Å². The van der Waals surface area contributed by atoms with E-state index in [0.29, 0.717) is 25.0 Å². The van der Waals surface area contributed by atoms with E-state index >= 15 is 0 Å². The van der Waals surface area contributed by atoms with E-state index in [1.165, 1.54) is 5.01 Å². The molecule has 1 unspecified atom stereocenters. The van der Waals surface area contributed by atoms with Gasteiger partial charge < -0.3 is 15.3 Å². The van der Waals surface area contributed by atoms with Crippen LogP contribution in [0, 0.1) is 0 Å². The number of anilines is 1. The van der Waals surface area contributed by atoms with Gasteiger partial charge in [0.25, 0.3) is 0 Å². The first-order valence-electron chi connectivity index (χ1n) is 8.17. The normalized spacial score (nSPS) is 21.4. The number of hydrogen-bond acceptors (Lipinski definition) is 5. The van der Waals surface area contributed by atoms with Gasteiger partial charge in [0.1, 0.15) is 0 Å². The number of amides is 2. The molecule has 1 aromatic carbocycles. The van der Waals surface area contributed by atoms with Crippen LogP contribution in [-0.2, 0) is 0 Å². The zero-order valence-electron chi connectivity index (χ0n) is 13.7. The number of nitrogens with zero attached hydrogens (tertiary/aromatic N) is 3. The lowest BCUT2D eigenvalue weighted by Gasteiger charge is -2.33. The number of carbonyl (C=O) groups is 1. The topological polar surface area (TPSA) is 80.2 Å². The van der Waals surface area contributed by atoms with Gasteiger partial charge >= 0.3 is 6.03 Å². The highest BCUT2D eigenvalue weighted by Gasteiger charge is 2.24. The maximum absolute atomic E-state index is 12.3. The average Bonchev–Trinajstić information content (AvgIpc) is 2.60. The van der Waals surface area contributed by atoms with Crippen molar-refractivity contribution in [2.24, 2.45) is 5.10 Å². The predicted octanol–water partition coefficient (Wildman–Crippen LogP) is 1.41. The second-order valence-corrected chi connectivity index (χ2v) is 6.03. The van der Waals surface area contributed by atoms with E-state index in [1.807, 2.05) is 18.2 Å². The first-order valence-corrected chi connectivity index (χ1v) is 8.17. The minimum absolute atomic E-state index is 0.152.